The number of aliphatic hydroxyl groups excluding tert-OH is 1. The van der Waals surface area contributed by atoms with Crippen molar-refractivity contribution in [1.29, 1.82) is 0 Å². The summed E-state index contributed by atoms with van der Waals surface area (Å²) in [6.07, 6.45) is 1.61. The largest absolute Gasteiger partial charge is 0.393 e. The first-order valence-corrected chi connectivity index (χ1v) is 7.27. The van der Waals surface area contributed by atoms with Gasteiger partial charge in [0.05, 0.1) is 6.10 Å². The SMILES string of the molecule is CC(O)CC(C)NC(CC(C)(C)C)c1ccccc1. The van der Waals surface area contributed by atoms with Crippen molar-refractivity contribution in [3.63, 3.8) is 0 Å². The van der Waals surface area contributed by atoms with Crippen molar-refractivity contribution in [2.75, 3.05) is 0 Å². The van der Waals surface area contributed by atoms with Crippen LogP contribution in [0.5, 0.6) is 0 Å². The fourth-order valence-electron chi connectivity index (χ4n) is 2.49. The molecule has 0 aliphatic carbocycles. The maximum Gasteiger partial charge on any atom is 0.0526 e. The van der Waals surface area contributed by atoms with Gasteiger partial charge in [-0.2, -0.15) is 0 Å². The molecule has 0 saturated heterocycles. The van der Waals surface area contributed by atoms with Gasteiger partial charge in [-0.15, -0.1) is 0 Å². The van der Waals surface area contributed by atoms with Gasteiger partial charge in [-0.3, -0.25) is 0 Å². The van der Waals surface area contributed by atoms with Gasteiger partial charge in [0.1, 0.15) is 0 Å². The highest BCUT2D eigenvalue weighted by Gasteiger charge is 2.21. The zero-order chi connectivity index (χ0) is 14.5. The summed E-state index contributed by atoms with van der Waals surface area (Å²) in [7, 11) is 0. The van der Waals surface area contributed by atoms with Gasteiger partial charge in [-0.1, -0.05) is 51.1 Å². The Kier molecular flexibility index (Phi) is 6.02. The average Bonchev–Trinajstić information content (AvgIpc) is 2.26. The molecule has 0 bridgehead atoms. The van der Waals surface area contributed by atoms with Gasteiger partial charge in [0.15, 0.2) is 0 Å². The Morgan fingerprint density at radius 1 is 1.11 bits per heavy atom. The van der Waals surface area contributed by atoms with E-state index in [4.69, 9.17) is 0 Å². The van der Waals surface area contributed by atoms with E-state index in [0.29, 0.717) is 12.1 Å². The molecule has 1 aromatic rings. The average molecular weight is 263 g/mol. The lowest BCUT2D eigenvalue weighted by atomic mass is 9.85. The van der Waals surface area contributed by atoms with Crippen molar-refractivity contribution >= 4 is 0 Å². The maximum absolute atomic E-state index is 9.50. The van der Waals surface area contributed by atoms with E-state index in [1.165, 1.54) is 5.56 Å². The second-order valence-electron chi connectivity index (χ2n) is 6.88. The summed E-state index contributed by atoms with van der Waals surface area (Å²) in [5.41, 5.74) is 1.60. The monoisotopic (exact) mass is 263 g/mol. The Hall–Kier alpha value is -0.860. The number of hydrogen-bond acceptors (Lipinski definition) is 2. The quantitative estimate of drug-likeness (QED) is 0.815. The standard InChI is InChI=1S/C17H29NO/c1-13(11-14(2)19)18-16(12-17(3,4)5)15-9-7-6-8-10-15/h6-10,13-14,16,18-19H,11-12H2,1-5H3. The van der Waals surface area contributed by atoms with E-state index < -0.39 is 0 Å². The lowest BCUT2D eigenvalue weighted by Gasteiger charge is -2.30. The Bertz CT molecular complexity index is 353. The van der Waals surface area contributed by atoms with Crippen LogP contribution < -0.4 is 5.32 Å². The number of aliphatic hydroxyl groups is 1. The van der Waals surface area contributed by atoms with Crippen molar-refractivity contribution in [3.05, 3.63) is 35.9 Å². The number of benzene rings is 1. The Morgan fingerprint density at radius 2 is 1.68 bits per heavy atom. The first-order valence-electron chi connectivity index (χ1n) is 7.27. The summed E-state index contributed by atoms with van der Waals surface area (Å²) in [4.78, 5) is 0. The molecular weight excluding hydrogens is 234 g/mol. The van der Waals surface area contributed by atoms with Crippen molar-refractivity contribution in [2.45, 2.75) is 65.6 Å². The van der Waals surface area contributed by atoms with Crippen LogP contribution in [-0.2, 0) is 0 Å². The first kappa shape index (κ1) is 16.2. The highest BCUT2D eigenvalue weighted by atomic mass is 16.3. The van der Waals surface area contributed by atoms with Crippen LogP contribution in [0.15, 0.2) is 30.3 Å². The van der Waals surface area contributed by atoms with Crippen LogP contribution in [0.25, 0.3) is 0 Å². The second-order valence-corrected chi connectivity index (χ2v) is 6.88. The van der Waals surface area contributed by atoms with Crippen LogP contribution in [0, 0.1) is 5.41 Å². The van der Waals surface area contributed by atoms with Crippen LogP contribution in [0.2, 0.25) is 0 Å². The highest BCUT2D eigenvalue weighted by Crippen LogP contribution is 2.29. The third kappa shape index (κ3) is 6.74. The van der Waals surface area contributed by atoms with E-state index in [1.807, 2.05) is 6.92 Å². The minimum atomic E-state index is -0.256. The number of rotatable bonds is 6. The first-order chi connectivity index (χ1) is 8.78. The zero-order valence-corrected chi connectivity index (χ0v) is 13.0. The molecule has 0 heterocycles. The van der Waals surface area contributed by atoms with Gasteiger partial charge in [0, 0.05) is 12.1 Å². The molecule has 0 aliphatic rings. The van der Waals surface area contributed by atoms with Crippen LogP contribution in [0.3, 0.4) is 0 Å². The van der Waals surface area contributed by atoms with Gasteiger partial charge in [-0.25, -0.2) is 0 Å². The van der Waals surface area contributed by atoms with E-state index in [1.54, 1.807) is 0 Å². The van der Waals surface area contributed by atoms with Crippen LogP contribution in [0.1, 0.15) is 59.1 Å². The summed E-state index contributed by atoms with van der Waals surface area (Å²) >= 11 is 0. The Labute approximate surface area is 118 Å². The van der Waals surface area contributed by atoms with Gasteiger partial charge in [0.25, 0.3) is 0 Å². The van der Waals surface area contributed by atoms with Crippen LogP contribution in [-0.4, -0.2) is 17.3 Å². The molecule has 0 aromatic heterocycles. The maximum atomic E-state index is 9.50. The minimum Gasteiger partial charge on any atom is -0.393 e. The molecule has 19 heavy (non-hydrogen) atoms. The molecule has 0 radical (unpaired) electrons. The summed E-state index contributed by atoms with van der Waals surface area (Å²) in [6.45, 7) is 10.8. The third-order valence-corrected chi connectivity index (χ3v) is 3.20. The van der Waals surface area contributed by atoms with E-state index in [9.17, 15) is 5.11 Å². The predicted molar refractivity (Wildman–Crippen MR) is 82.2 cm³/mol. The lowest BCUT2D eigenvalue weighted by molar-refractivity contribution is 0.164. The van der Waals surface area contributed by atoms with E-state index >= 15 is 0 Å². The molecule has 108 valence electrons. The van der Waals surface area contributed by atoms with Crippen LogP contribution in [0.4, 0.5) is 0 Å². The molecule has 2 nitrogen and oxygen atoms in total. The van der Waals surface area contributed by atoms with E-state index in [2.05, 4.69) is 63.3 Å². The van der Waals surface area contributed by atoms with Gasteiger partial charge < -0.3 is 10.4 Å². The van der Waals surface area contributed by atoms with Crippen molar-refractivity contribution in [3.8, 4) is 0 Å². The highest BCUT2D eigenvalue weighted by molar-refractivity contribution is 5.19. The summed E-state index contributed by atoms with van der Waals surface area (Å²) in [5, 5.41) is 13.2. The third-order valence-electron chi connectivity index (χ3n) is 3.20. The number of hydrogen-bond donors (Lipinski definition) is 2. The van der Waals surface area contributed by atoms with Gasteiger partial charge in [-0.05, 0) is 37.7 Å². The Balaban J connectivity index is 2.76. The van der Waals surface area contributed by atoms with Crippen LogP contribution >= 0.6 is 0 Å². The Morgan fingerprint density at radius 3 is 2.16 bits per heavy atom. The molecule has 2 N–H and O–H groups in total. The molecule has 0 amide bonds. The molecule has 1 rings (SSSR count). The lowest BCUT2D eigenvalue weighted by Crippen LogP contribution is -2.34. The normalized spacial score (nSPS) is 16.9. The van der Waals surface area contributed by atoms with Gasteiger partial charge in [0.2, 0.25) is 0 Å². The fraction of sp³-hybridized carbons (Fsp3) is 0.647. The second kappa shape index (κ2) is 7.06. The topological polar surface area (TPSA) is 32.3 Å². The predicted octanol–water partition coefficient (Wildman–Crippen LogP) is 3.91. The molecule has 2 heteroatoms. The van der Waals surface area contributed by atoms with Crippen molar-refractivity contribution in [2.24, 2.45) is 5.41 Å². The number of nitrogens with one attached hydrogen (secondary N) is 1. The molecule has 0 spiro atoms. The molecule has 3 atom stereocenters. The van der Waals surface area contributed by atoms with E-state index in [-0.39, 0.29) is 11.5 Å². The molecule has 0 saturated carbocycles. The summed E-state index contributed by atoms with van der Waals surface area (Å²) in [6, 6.07) is 11.2. The van der Waals surface area contributed by atoms with Crippen molar-refractivity contribution < 1.29 is 5.11 Å². The molecule has 1 aromatic carbocycles. The zero-order valence-electron chi connectivity index (χ0n) is 13.0. The summed E-state index contributed by atoms with van der Waals surface area (Å²) < 4.78 is 0. The van der Waals surface area contributed by atoms with E-state index in [0.717, 1.165) is 12.8 Å². The minimum absolute atomic E-state index is 0.256. The summed E-state index contributed by atoms with van der Waals surface area (Å²) in [5.74, 6) is 0. The molecule has 3 unspecified atom stereocenters. The van der Waals surface area contributed by atoms with Gasteiger partial charge >= 0.3 is 0 Å². The van der Waals surface area contributed by atoms with Crippen molar-refractivity contribution in [1.82, 2.24) is 5.32 Å². The smallest absolute Gasteiger partial charge is 0.0526 e. The fourth-order valence-corrected chi connectivity index (χ4v) is 2.49. The molecule has 0 aliphatic heterocycles. The molecule has 0 fully saturated rings. The molecular formula is C17H29NO.